The summed E-state index contributed by atoms with van der Waals surface area (Å²) < 4.78 is 44.8. The van der Waals surface area contributed by atoms with Crippen molar-refractivity contribution >= 4 is 0 Å². The van der Waals surface area contributed by atoms with E-state index in [4.69, 9.17) is 4.74 Å². The molecule has 5 heteroatoms. The molecular formula is C16H20F3NO. The fourth-order valence-corrected chi connectivity index (χ4v) is 2.76. The molecule has 1 saturated carbocycles. The molecule has 0 aromatic heterocycles. The van der Waals surface area contributed by atoms with Gasteiger partial charge in [-0.1, -0.05) is 0 Å². The lowest BCUT2D eigenvalue weighted by molar-refractivity contribution is -0.137. The summed E-state index contributed by atoms with van der Waals surface area (Å²) in [4.78, 5) is 0. The Bertz CT molecular complexity index is 491. The molecule has 0 bridgehead atoms. The highest BCUT2D eigenvalue weighted by molar-refractivity contribution is 5.38. The summed E-state index contributed by atoms with van der Waals surface area (Å²) in [5.41, 5.74) is 0.168. The van der Waals surface area contributed by atoms with Crippen LogP contribution in [0.4, 0.5) is 13.2 Å². The molecule has 1 aliphatic carbocycles. The zero-order chi connectivity index (χ0) is 14.9. The van der Waals surface area contributed by atoms with Crippen molar-refractivity contribution in [2.45, 2.75) is 37.8 Å². The second kappa shape index (κ2) is 5.87. The molecule has 0 atom stereocenters. The number of benzene rings is 1. The Morgan fingerprint density at radius 2 is 1.76 bits per heavy atom. The van der Waals surface area contributed by atoms with Gasteiger partial charge in [-0.2, -0.15) is 13.2 Å². The lowest BCUT2D eigenvalue weighted by Crippen LogP contribution is -2.26. The van der Waals surface area contributed by atoms with Gasteiger partial charge in [-0.15, -0.1) is 0 Å². The maximum absolute atomic E-state index is 13.1. The van der Waals surface area contributed by atoms with Crippen molar-refractivity contribution in [3.05, 3.63) is 29.3 Å². The van der Waals surface area contributed by atoms with Gasteiger partial charge in [0.1, 0.15) is 5.75 Å². The second-order valence-corrected chi connectivity index (χ2v) is 6.07. The molecule has 21 heavy (non-hydrogen) atoms. The molecule has 2 aliphatic rings. The smallest absolute Gasteiger partial charge is 0.416 e. The van der Waals surface area contributed by atoms with Crippen LogP contribution in [0.5, 0.6) is 5.75 Å². The molecule has 1 saturated heterocycles. The number of nitrogens with one attached hydrogen (secondary N) is 1. The molecule has 0 unspecified atom stereocenters. The Morgan fingerprint density at radius 1 is 1.05 bits per heavy atom. The average Bonchev–Trinajstić information content (AvgIpc) is 3.29. The van der Waals surface area contributed by atoms with E-state index in [1.807, 2.05) is 0 Å². The number of rotatable bonds is 4. The number of piperidine rings is 1. The first-order chi connectivity index (χ1) is 10.0. The fourth-order valence-electron chi connectivity index (χ4n) is 2.76. The van der Waals surface area contributed by atoms with Crippen LogP contribution in [0.15, 0.2) is 18.2 Å². The highest BCUT2D eigenvalue weighted by Gasteiger charge is 2.32. The van der Waals surface area contributed by atoms with Gasteiger partial charge in [0.15, 0.2) is 0 Å². The quantitative estimate of drug-likeness (QED) is 0.908. The first-order valence-electron chi connectivity index (χ1n) is 7.58. The minimum absolute atomic E-state index is 0.192. The normalized spacial score (nSPS) is 20.5. The summed E-state index contributed by atoms with van der Waals surface area (Å²) >= 11 is 0. The van der Waals surface area contributed by atoms with E-state index in [2.05, 4.69) is 5.32 Å². The Morgan fingerprint density at radius 3 is 2.38 bits per heavy atom. The molecule has 2 nitrogen and oxygen atoms in total. The minimum Gasteiger partial charge on any atom is -0.493 e. The zero-order valence-corrected chi connectivity index (χ0v) is 11.9. The lowest BCUT2D eigenvalue weighted by atomic mass is 9.89. The number of hydrogen-bond acceptors (Lipinski definition) is 2. The summed E-state index contributed by atoms with van der Waals surface area (Å²) in [7, 11) is 0. The third-order valence-corrected chi connectivity index (χ3v) is 4.25. The predicted octanol–water partition coefficient (Wildman–Crippen LogP) is 3.96. The first-order valence-corrected chi connectivity index (χ1v) is 7.58. The van der Waals surface area contributed by atoms with Crippen LogP contribution >= 0.6 is 0 Å². The lowest BCUT2D eigenvalue weighted by Gasteiger charge is -2.24. The second-order valence-electron chi connectivity index (χ2n) is 6.07. The molecule has 1 heterocycles. The molecule has 1 N–H and O–H groups in total. The van der Waals surface area contributed by atoms with Crippen molar-refractivity contribution in [2.24, 2.45) is 5.92 Å². The summed E-state index contributed by atoms with van der Waals surface area (Å²) in [6.07, 6.45) is -0.312. The van der Waals surface area contributed by atoms with Crippen LogP contribution < -0.4 is 10.1 Å². The van der Waals surface area contributed by atoms with Gasteiger partial charge in [0.05, 0.1) is 12.2 Å². The summed E-state index contributed by atoms with van der Waals surface area (Å²) in [5.74, 6) is 1.09. The number of ether oxygens (including phenoxy) is 1. The van der Waals surface area contributed by atoms with E-state index in [0.29, 0.717) is 18.3 Å². The third-order valence-electron chi connectivity index (χ3n) is 4.25. The SMILES string of the molecule is FC(F)(F)c1cc(OCC2CC2)cc(C2CCNCC2)c1. The monoisotopic (exact) mass is 299 g/mol. The Labute approximate surface area is 122 Å². The maximum Gasteiger partial charge on any atom is 0.416 e. The van der Waals surface area contributed by atoms with Gasteiger partial charge in [0.25, 0.3) is 0 Å². The van der Waals surface area contributed by atoms with Crippen LogP contribution in [0.1, 0.15) is 42.7 Å². The van der Waals surface area contributed by atoms with E-state index in [9.17, 15) is 13.2 Å². The number of hydrogen-bond donors (Lipinski definition) is 1. The van der Waals surface area contributed by atoms with E-state index in [1.54, 1.807) is 6.07 Å². The molecule has 3 rings (SSSR count). The summed E-state index contributed by atoms with van der Waals surface area (Å²) in [6.45, 7) is 2.26. The molecule has 1 aliphatic heterocycles. The van der Waals surface area contributed by atoms with Crippen LogP contribution in [-0.2, 0) is 6.18 Å². The van der Waals surface area contributed by atoms with Crippen LogP contribution in [0.25, 0.3) is 0 Å². The Hall–Kier alpha value is -1.23. The molecule has 0 radical (unpaired) electrons. The van der Waals surface area contributed by atoms with Crippen molar-refractivity contribution < 1.29 is 17.9 Å². The van der Waals surface area contributed by atoms with E-state index < -0.39 is 11.7 Å². The molecule has 2 fully saturated rings. The molecule has 1 aromatic rings. The van der Waals surface area contributed by atoms with E-state index in [1.165, 1.54) is 6.07 Å². The topological polar surface area (TPSA) is 21.3 Å². The van der Waals surface area contributed by atoms with Crippen molar-refractivity contribution in [3.8, 4) is 5.75 Å². The average molecular weight is 299 g/mol. The fraction of sp³-hybridized carbons (Fsp3) is 0.625. The first kappa shape index (κ1) is 14.7. The van der Waals surface area contributed by atoms with Gasteiger partial charge in [-0.05, 0) is 74.4 Å². The van der Waals surface area contributed by atoms with Crippen molar-refractivity contribution in [2.75, 3.05) is 19.7 Å². The molecule has 116 valence electrons. The predicted molar refractivity (Wildman–Crippen MR) is 74.5 cm³/mol. The highest BCUT2D eigenvalue weighted by atomic mass is 19.4. The number of alkyl halides is 3. The van der Waals surface area contributed by atoms with Gasteiger partial charge < -0.3 is 10.1 Å². The largest absolute Gasteiger partial charge is 0.493 e. The Kier molecular flexibility index (Phi) is 4.11. The standard InChI is InChI=1S/C16H20F3NO/c17-16(18,19)14-7-13(12-3-5-20-6-4-12)8-15(9-14)21-10-11-1-2-11/h7-9,11-12,20H,1-6,10H2. The van der Waals surface area contributed by atoms with Crippen LogP contribution in [0.2, 0.25) is 0 Å². The highest BCUT2D eigenvalue weighted by Crippen LogP contribution is 2.37. The van der Waals surface area contributed by atoms with Gasteiger partial charge in [0.2, 0.25) is 0 Å². The van der Waals surface area contributed by atoms with Gasteiger partial charge in [0, 0.05) is 0 Å². The van der Waals surface area contributed by atoms with E-state index in [-0.39, 0.29) is 5.92 Å². The van der Waals surface area contributed by atoms with Gasteiger partial charge in [-0.25, -0.2) is 0 Å². The summed E-state index contributed by atoms with van der Waals surface area (Å²) in [6, 6.07) is 4.22. The van der Waals surface area contributed by atoms with Gasteiger partial charge in [-0.3, -0.25) is 0 Å². The van der Waals surface area contributed by atoms with Crippen LogP contribution in [-0.4, -0.2) is 19.7 Å². The minimum atomic E-state index is -4.32. The molecule has 0 spiro atoms. The van der Waals surface area contributed by atoms with E-state index in [0.717, 1.165) is 50.4 Å². The van der Waals surface area contributed by atoms with Crippen molar-refractivity contribution in [1.82, 2.24) is 5.32 Å². The van der Waals surface area contributed by atoms with Gasteiger partial charge >= 0.3 is 6.18 Å². The third kappa shape index (κ3) is 3.90. The molecular weight excluding hydrogens is 279 g/mol. The number of halogens is 3. The van der Waals surface area contributed by atoms with Crippen molar-refractivity contribution in [1.29, 1.82) is 0 Å². The maximum atomic E-state index is 13.1. The zero-order valence-electron chi connectivity index (χ0n) is 11.9. The Balaban J connectivity index is 1.83. The van der Waals surface area contributed by atoms with Crippen LogP contribution in [0, 0.1) is 5.92 Å². The molecule has 0 amide bonds. The van der Waals surface area contributed by atoms with E-state index >= 15 is 0 Å². The van der Waals surface area contributed by atoms with Crippen molar-refractivity contribution in [3.63, 3.8) is 0 Å². The molecule has 1 aromatic carbocycles. The van der Waals surface area contributed by atoms with Crippen LogP contribution in [0.3, 0.4) is 0 Å². The summed E-state index contributed by atoms with van der Waals surface area (Å²) in [5, 5.41) is 3.24.